The van der Waals surface area contributed by atoms with E-state index in [4.69, 9.17) is 4.52 Å². The number of rotatable bonds is 3. The van der Waals surface area contributed by atoms with E-state index < -0.39 is 5.76 Å². The van der Waals surface area contributed by atoms with Gasteiger partial charge in [-0.2, -0.15) is 0 Å². The van der Waals surface area contributed by atoms with Crippen LogP contribution in [0.5, 0.6) is 0 Å². The van der Waals surface area contributed by atoms with Gasteiger partial charge < -0.3 is 0 Å². The lowest BCUT2D eigenvalue weighted by molar-refractivity contribution is 0.378. The van der Waals surface area contributed by atoms with Gasteiger partial charge in [0.15, 0.2) is 5.82 Å². The Bertz CT molecular complexity index is 786. The van der Waals surface area contributed by atoms with Gasteiger partial charge in [0.25, 0.3) is 0 Å². The molecule has 0 aromatic carbocycles. The van der Waals surface area contributed by atoms with Crippen molar-refractivity contribution in [3.05, 3.63) is 56.5 Å². The summed E-state index contributed by atoms with van der Waals surface area (Å²) in [6.45, 7) is 4.58. The van der Waals surface area contributed by atoms with Gasteiger partial charge in [0.2, 0.25) is 0 Å². The van der Waals surface area contributed by atoms with E-state index in [1.165, 1.54) is 9.75 Å². The van der Waals surface area contributed by atoms with E-state index in [1.807, 2.05) is 0 Å². The highest BCUT2D eigenvalue weighted by molar-refractivity contribution is 7.12. The van der Waals surface area contributed by atoms with E-state index in [-0.39, 0.29) is 0 Å². The number of nitrogens with zero attached hydrogens (tertiary/aromatic N) is 3. The maximum absolute atomic E-state index is 11.9. The highest BCUT2D eigenvalue weighted by Gasteiger charge is 2.14. The maximum atomic E-state index is 11.9. The Kier molecular flexibility index (Phi) is 3.23. The zero-order valence-corrected chi connectivity index (χ0v) is 12.0. The van der Waals surface area contributed by atoms with Crippen molar-refractivity contribution in [2.24, 2.45) is 0 Å². The summed E-state index contributed by atoms with van der Waals surface area (Å²) in [6, 6.07) is 5.70. The molecule has 0 aliphatic carbocycles. The van der Waals surface area contributed by atoms with E-state index in [2.05, 4.69) is 30.1 Å². The maximum Gasteiger partial charge on any atom is 0.442 e. The average Bonchev–Trinajstić information content (AvgIpc) is 2.95. The molecule has 6 heteroatoms. The molecule has 0 fully saturated rings. The molecule has 3 aromatic heterocycles. The molecule has 0 aliphatic heterocycles. The zero-order valence-electron chi connectivity index (χ0n) is 11.2. The third-order valence-electron chi connectivity index (χ3n) is 3.10. The normalized spacial score (nSPS) is 10.9. The summed E-state index contributed by atoms with van der Waals surface area (Å²) in [5.41, 5.74) is 1.93. The SMILES string of the molecule is Cc1cc(Cn2c(-c3ccncc3)noc2=O)c(C)s1. The number of hydrogen-bond donors (Lipinski definition) is 0. The van der Waals surface area contributed by atoms with E-state index >= 15 is 0 Å². The Morgan fingerprint density at radius 1 is 1.30 bits per heavy atom. The van der Waals surface area contributed by atoms with E-state index in [0.717, 1.165) is 11.1 Å². The van der Waals surface area contributed by atoms with Crippen molar-refractivity contribution in [1.29, 1.82) is 0 Å². The number of thiophene rings is 1. The lowest BCUT2D eigenvalue weighted by Gasteiger charge is -2.04. The molecule has 102 valence electrons. The second kappa shape index (κ2) is 5.05. The number of hydrogen-bond acceptors (Lipinski definition) is 5. The minimum Gasteiger partial charge on any atom is -0.295 e. The minimum atomic E-state index is -0.444. The summed E-state index contributed by atoms with van der Waals surface area (Å²) in [6.07, 6.45) is 3.33. The van der Waals surface area contributed by atoms with Crippen LogP contribution >= 0.6 is 11.3 Å². The molecule has 3 rings (SSSR count). The summed E-state index contributed by atoms with van der Waals surface area (Å²) in [4.78, 5) is 18.3. The van der Waals surface area contributed by atoms with Gasteiger partial charge in [-0.15, -0.1) is 11.3 Å². The topological polar surface area (TPSA) is 60.9 Å². The fourth-order valence-electron chi connectivity index (χ4n) is 2.13. The van der Waals surface area contributed by atoms with Gasteiger partial charge in [-0.3, -0.25) is 14.1 Å². The molecule has 0 saturated carbocycles. The summed E-state index contributed by atoms with van der Waals surface area (Å²) < 4.78 is 6.35. The van der Waals surface area contributed by atoms with Crippen LogP contribution in [-0.4, -0.2) is 14.7 Å². The number of aromatic nitrogens is 3. The summed E-state index contributed by atoms with van der Waals surface area (Å²) >= 11 is 1.72. The summed E-state index contributed by atoms with van der Waals surface area (Å²) in [5.74, 6) is 0.0840. The van der Waals surface area contributed by atoms with Gasteiger partial charge in [0.1, 0.15) is 0 Å². The number of aryl methyl sites for hydroxylation is 2. The molecule has 0 bridgehead atoms. The first-order valence-corrected chi connectivity index (χ1v) is 6.99. The van der Waals surface area contributed by atoms with Crippen molar-refractivity contribution in [2.45, 2.75) is 20.4 Å². The minimum absolute atomic E-state index is 0.444. The van der Waals surface area contributed by atoms with Crippen molar-refractivity contribution >= 4 is 11.3 Å². The van der Waals surface area contributed by atoms with Crippen LogP contribution in [0, 0.1) is 13.8 Å². The molecule has 0 atom stereocenters. The Morgan fingerprint density at radius 2 is 2.05 bits per heavy atom. The van der Waals surface area contributed by atoms with Crippen molar-refractivity contribution < 1.29 is 4.52 Å². The summed E-state index contributed by atoms with van der Waals surface area (Å²) in [7, 11) is 0. The third-order valence-corrected chi connectivity index (χ3v) is 4.11. The monoisotopic (exact) mass is 287 g/mol. The second-order valence-electron chi connectivity index (χ2n) is 4.53. The standard InChI is InChI=1S/C14H13N3O2S/c1-9-7-12(10(2)20-9)8-17-13(16-19-14(17)18)11-3-5-15-6-4-11/h3-7H,8H2,1-2H3. The van der Waals surface area contributed by atoms with Crippen LogP contribution < -0.4 is 5.76 Å². The highest BCUT2D eigenvalue weighted by atomic mass is 32.1. The van der Waals surface area contributed by atoms with Gasteiger partial charge in [-0.1, -0.05) is 5.16 Å². The van der Waals surface area contributed by atoms with Crippen molar-refractivity contribution in [3.63, 3.8) is 0 Å². The van der Waals surface area contributed by atoms with Gasteiger partial charge >= 0.3 is 5.76 Å². The fourth-order valence-corrected chi connectivity index (χ4v) is 3.07. The first-order valence-electron chi connectivity index (χ1n) is 6.18. The molecule has 20 heavy (non-hydrogen) atoms. The van der Waals surface area contributed by atoms with Gasteiger partial charge in [-0.25, -0.2) is 4.79 Å². The largest absolute Gasteiger partial charge is 0.442 e. The molecule has 0 saturated heterocycles. The van der Waals surface area contributed by atoms with Crippen LogP contribution in [0.4, 0.5) is 0 Å². The predicted molar refractivity (Wildman–Crippen MR) is 76.9 cm³/mol. The molecule has 0 aliphatic rings. The van der Waals surface area contributed by atoms with Crippen LogP contribution in [0.3, 0.4) is 0 Å². The molecule has 0 amide bonds. The van der Waals surface area contributed by atoms with E-state index in [1.54, 1.807) is 40.4 Å². The molecule has 0 spiro atoms. The van der Waals surface area contributed by atoms with Gasteiger partial charge in [0, 0.05) is 27.7 Å². The number of pyridine rings is 1. The van der Waals surface area contributed by atoms with E-state index in [9.17, 15) is 4.79 Å². The predicted octanol–water partition coefficient (Wildman–Crippen LogP) is 2.62. The fraction of sp³-hybridized carbons (Fsp3) is 0.214. The molecule has 3 aromatic rings. The molecule has 5 nitrogen and oxygen atoms in total. The molecule has 0 radical (unpaired) electrons. The Hall–Kier alpha value is -2.21. The lowest BCUT2D eigenvalue weighted by Crippen LogP contribution is -2.16. The van der Waals surface area contributed by atoms with Crippen LogP contribution in [0.1, 0.15) is 15.3 Å². The Labute approximate surface area is 119 Å². The highest BCUT2D eigenvalue weighted by Crippen LogP contribution is 2.23. The van der Waals surface area contributed by atoms with Crippen molar-refractivity contribution in [3.8, 4) is 11.4 Å². The van der Waals surface area contributed by atoms with Gasteiger partial charge in [0.05, 0.1) is 6.54 Å². The third kappa shape index (κ3) is 2.30. The average molecular weight is 287 g/mol. The molecule has 3 heterocycles. The van der Waals surface area contributed by atoms with Crippen molar-refractivity contribution in [1.82, 2.24) is 14.7 Å². The molecule has 0 N–H and O–H groups in total. The molecule has 0 unspecified atom stereocenters. The van der Waals surface area contributed by atoms with Crippen LogP contribution in [0.25, 0.3) is 11.4 Å². The van der Waals surface area contributed by atoms with Crippen molar-refractivity contribution in [2.75, 3.05) is 0 Å². The van der Waals surface area contributed by atoms with E-state index in [0.29, 0.717) is 12.4 Å². The first kappa shape index (κ1) is 12.8. The second-order valence-corrected chi connectivity index (χ2v) is 5.99. The zero-order chi connectivity index (χ0) is 14.1. The van der Waals surface area contributed by atoms with Gasteiger partial charge in [-0.05, 0) is 37.6 Å². The lowest BCUT2D eigenvalue weighted by atomic mass is 10.2. The Morgan fingerprint density at radius 3 is 2.70 bits per heavy atom. The quantitative estimate of drug-likeness (QED) is 0.743. The van der Waals surface area contributed by atoms with Crippen LogP contribution in [0.2, 0.25) is 0 Å². The smallest absolute Gasteiger partial charge is 0.295 e. The molecular formula is C14H13N3O2S. The molecular weight excluding hydrogens is 274 g/mol. The first-order chi connectivity index (χ1) is 9.65. The van der Waals surface area contributed by atoms with Crippen LogP contribution in [-0.2, 0) is 6.54 Å². The Balaban J connectivity index is 2.04. The summed E-state index contributed by atoms with van der Waals surface area (Å²) in [5, 5.41) is 3.87. The van der Waals surface area contributed by atoms with Crippen LogP contribution in [0.15, 0.2) is 39.9 Å².